The SMILES string of the molecule is CCN1C=CN(Cc2ccccc2)C1c1ccccc1. The molecule has 0 radical (unpaired) electrons. The van der Waals surface area contributed by atoms with Gasteiger partial charge in [-0.15, -0.1) is 0 Å². The summed E-state index contributed by atoms with van der Waals surface area (Å²) >= 11 is 0. The minimum Gasteiger partial charge on any atom is -0.353 e. The third kappa shape index (κ3) is 2.55. The molecule has 2 aromatic rings. The molecule has 0 aromatic heterocycles. The number of hydrogen-bond acceptors (Lipinski definition) is 2. The minimum atomic E-state index is 0.307. The Morgan fingerprint density at radius 2 is 1.40 bits per heavy atom. The van der Waals surface area contributed by atoms with E-state index in [0.717, 1.165) is 13.1 Å². The van der Waals surface area contributed by atoms with Gasteiger partial charge >= 0.3 is 0 Å². The lowest BCUT2D eigenvalue weighted by Crippen LogP contribution is -2.30. The van der Waals surface area contributed by atoms with Crippen LogP contribution in [-0.4, -0.2) is 16.3 Å². The van der Waals surface area contributed by atoms with Crippen LogP contribution in [0.25, 0.3) is 0 Å². The number of benzene rings is 2. The van der Waals surface area contributed by atoms with E-state index in [0.29, 0.717) is 6.17 Å². The van der Waals surface area contributed by atoms with Gasteiger partial charge < -0.3 is 9.80 Å². The molecule has 20 heavy (non-hydrogen) atoms. The summed E-state index contributed by atoms with van der Waals surface area (Å²) in [4.78, 5) is 4.77. The molecule has 2 nitrogen and oxygen atoms in total. The standard InChI is InChI=1S/C18H20N2/c1-2-19-13-14-20(15-16-9-5-3-6-10-16)18(19)17-11-7-4-8-12-17/h3-14,18H,2,15H2,1H3. The van der Waals surface area contributed by atoms with Crippen LogP contribution >= 0.6 is 0 Å². The van der Waals surface area contributed by atoms with E-state index in [1.807, 2.05) is 0 Å². The maximum Gasteiger partial charge on any atom is 0.127 e. The maximum atomic E-state index is 2.40. The molecule has 2 heteroatoms. The molecule has 1 aliphatic rings. The largest absolute Gasteiger partial charge is 0.353 e. The summed E-state index contributed by atoms with van der Waals surface area (Å²) in [6.45, 7) is 4.15. The van der Waals surface area contributed by atoms with Crippen molar-refractivity contribution < 1.29 is 0 Å². The van der Waals surface area contributed by atoms with Crippen molar-refractivity contribution in [1.29, 1.82) is 0 Å². The van der Waals surface area contributed by atoms with E-state index in [-0.39, 0.29) is 0 Å². The molecule has 1 atom stereocenters. The van der Waals surface area contributed by atoms with E-state index in [2.05, 4.69) is 89.8 Å². The quantitative estimate of drug-likeness (QED) is 0.823. The third-order valence-corrected chi connectivity index (χ3v) is 3.75. The highest BCUT2D eigenvalue weighted by molar-refractivity contribution is 5.23. The lowest BCUT2D eigenvalue weighted by Gasteiger charge is -2.32. The zero-order valence-corrected chi connectivity index (χ0v) is 11.8. The summed E-state index contributed by atoms with van der Waals surface area (Å²) in [6, 6.07) is 21.4. The minimum absolute atomic E-state index is 0.307. The molecular weight excluding hydrogens is 244 g/mol. The summed E-state index contributed by atoms with van der Waals surface area (Å²) in [7, 11) is 0. The fraction of sp³-hybridized carbons (Fsp3) is 0.222. The van der Waals surface area contributed by atoms with Crippen LogP contribution < -0.4 is 0 Å². The molecule has 1 aliphatic heterocycles. The van der Waals surface area contributed by atoms with Crippen LogP contribution in [0, 0.1) is 0 Å². The van der Waals surface area contributed by atoms with Gasteiger partial charge in [-0.05, 0) is 18.1 Å². The Morgan fingerprint density at radius 3 is 2.05 bits per heavy atom. The first-order valence-corrected chi connectivity index (χ1v) is 7.17. The first-order valence-electron chi connectivity index (χ1n) is 7.17. The molecule has 0 bridgehead atoms. The van der Waals surface area contributed by atoms with Gasteiger partial charge in [0.25, 0.3) is 0 Å². The molecule has 102 valence electrons. The Labute approximate surface area is 121 Å². The molecular formula is C18H20N2. The van der Waals surface area contributed by atoms with Gasteiger partial charge in [-0.2, -0.15) is 0 Å². The van der Waals surface area contributed by atoms with Gasteiger partial charge in [0, 0.05) is 25.5 Å². The first kappa shape index (κ1) is 12.8. The fourth-order valence-corrected chi connectivity index (χ4v) is 2.74. The molecule has 3 rings (SSSR count). The molecule has 0 saturated heterocycles. The van der Waals surface area contributed by atoms with Crippen LogP contribution in [0.4, 0.5) is 0 Å². The predicted molar refractivity (Wildman–Crippen MR) is 82.7 cm³/mol. The van der Waals surface area contributed by atoms with Gasteiger partial charge in [0.05, 0.1) is 0 Å². The summed E-state index contributed by atoms with van der Waals surface area (Å²) in [5, 5.41) is 0. The van der Waals surface area contributed by atoms with E-state index in [9.17, 15) is 0 Å². The molecule has 0 N–H and O–H groups in total. The Morgan fingerprint density at radius 1 is 0.800 bits per heavy atom. The van der Waals surface area contributed by atoms with Gasteiger partial charge in [0.15, 0.2) is 0 Å². The zero-order valence-electron chi connectivity index (χ0n) is 11.8. The van der Waals surface area contributed by atoms with E-state index in [4.69, 9.17) is 0 Å². The normalized spacial score (nSPS) is 17.8. The highest BCUT2D eigenvalue weighted by Gasteiger charge is 2.26. The molecule has 0 amide bonds. The number of nitrogens with zero attached hydrogens (tertiary/aromatic N) is 2. The Balaban J connectivity index is 1.84. The van der Waals surface area contributed by atoms with Crippen molar-refractivity contribution in [3.05, 3.63) is 84.2 Å². The van der Waals surface area contributed by atoms with Gasteiger partial charge in [0.1, 0.15) is 6.17 Å². The predicted octanol–water partition coefficient (Wildman–Crippen LogP) is 3.99. The summed E-state index contributed by atoms with van der Waals surface area (Å²) in [6.07, 6.45) is 4.70. The molecule has 0 saturated carbocycles. The van der Waals surface area contributed by atoms with Crippen LogP contribution in [0.15, 0.2) is 73.1 Å². The van der Waals surface area contributed by atoms with Gasteiger partial charge in [-0.3, -0.25) is 0 Å². The lowest BCUT2D eigenvalue weighted by atomic mass is 10.1. The van der Waals surface area contributed by atoms with Crippen molar-refractivity contribution in [2.24, 2.45) is 0 Å². The van der Waals surface area contributed by atoms with E-state index in [1.165, 1.54) is 11.1 Å². The highest BCUT2D eigenvalue weighted by atomic mass is 15.4. The second-order valence-electron chi connectivity index (χ2n) is 5.07. The van der Waals surface area contributed by atoms with E-state index >= 15 is 0 Å². The fourth-order valence-electron chi connectivity index (χ4n) is 2.74. The molecule has 0 fully saturated rings. The maximum absolute atomic E-state index is 2.40. The zero-order chi connectivity index (χ0) is 13.8. The summed E-state index contributed by atoms with van der Waals surface area (Å²) in [5.41, 5.74) is 2.69. The molecule has 0 aliphatic carbocycles. The van der Waals surface area contributed by atoms with Crippen LogP contribution in [-0.2, 0) is 6.54 Å². The smallest absolute Gasteiger partial charge is 0.127 e. The summed E-state index contributed by atoms with van der Waals surface area (Å²) < 4.78 is 0. The Kier molecular flexibility index (Phi) is 3.73. The van der Waals surface area contributed by atoms with Crippen LogP contribution in [0.3, 0.4) is 0 Å². The van der Waals surface area contributed by atoms with Crippen LogP contribution in [0.2, 0.25) is 0 Å². The Hall–Kier alpha value is -2.22. The Bertz CT molecular complexity index is 562. The van der Waals surface area contributed by atoms with Gasteiger partial charge in [-0.1, -0.05) is 60.7 Å². The third-order valence-electron chi connectivity index (χ3n) is 3.75. The lowest BCUT2D eigenvalue weighted by molar-refractivity contribution is 0.154. The molecule has 1 heterocycles. The number of rotatable bonds is 4. The van der Waals surface area contributed by atoms with Crippen molar-refractivity contribution >= 4 is 0 Å². The highest BCUT2D eigenvalue weighted by Crippen LogP contribution is 2.31. The molecule has 1 unspecified atom stereocenters. The average molecular weight is 264 g/mol. The second kappa shape index (κ2) is 5.83. The topological polar surface area (TPSA) is 6.48 Å². The monoisotopic (exact) mass is 264 g/mol. The van der Waals surface area contributed by atoms with Gasteiger partial charge in [0.2, 0.25) is 0 Å². The second-order valence-corrected chi connectivity index (χ2v) is 5.07. The number of hydrogen-bond donors (Lipinski definition) is 0. The van der Waals surface area contributed by atoms with Crippen molar-refractivity contribution in [2.45, 2.75) is 19.6 Å². The first-order chi connectivity index (χ1) is 9.88. The van der Waals surface area contributed by atoms with Crippen molar-refractivity contribution in [1.82, 2.24) is 9.80 Å². The van der Waals surface area contributed by atoms with Crippen molar-refractivity contribution in [3.63, 3.8) is 0 Å². The van der Waals surface area contributed by atoms with Crippen molar-refractivity contribution in [2.75, 3.05) is 6.54 Å². The van der Waals surface area contributed by atoms with E-state index < -0.39 is 0 Å². The van der Waals surface area contributed by atoms with Crippen LogP contribution in [0.1, 0.15) is 24.2 Å². The average Bonchev–Trinajstić information content (AvgIpc) is 2.92. The van der Waals surface area contributed by atoms with Crippen molar-refractivity contribution in [3.8, 4) is 0 Å². The molecule has 2 aromatic carbocycles. The van der Waals surface area contributed by atoms with Gasteiger partial charge in [-0.25, -0.2) is 0 Å². The molecule has 0 spiro atoms. The van der Waals surface area contributed by atoms with E-state index in [1.54, 1.807) is 0 Å². The summed E-state index contributed by atoms with van der Waals surface area (Å²) in [5.74, 6) is 0. The van der Waals surface area contributed by atoms with Crippen LogP contribution in [0.5, 0.6) is 0 Å².